The molecule has 2 N–H and O–H groups in total. The fourth-order valence-electron chi connectivity index (χ4n) is 2.01. The number of nitrogens with zero attached hydrogens (tertiary/aromatic N) is 1. The third-order valence-corrected chi connectivity index (χ3v) is 3.66. The third-order valence-electron chi connectivity index (χ3n) is 3.33. The summed E-state index contributed by atoms with van der Waals surface area (Å²) in [5.74, 6) is -0.296. The van der Waals surface area contributed by atoms with Gasteiger partial charge in [-0.1, -0.05) is 25.4 Å². The van der Waals surface area contributed by atoms with E-state index < -0.39 is 5.97 Å². The summed E-state index contributed by atoms with van der Waals surface area (Å²) in [7, 11) is 1.32. The van der Waals surface area contributed by atoms with E-state index in [1.54, 1.807) is 30.3 Å². The van der Waals surface area contributed by atoms with Crippen LogP contribution >= 0.6 is 11.6 Å². The Kier molecular flexibility index (Phi) is 6.36. The van der Waals surface area contributed by atoms with E-state index in [1.165, 1.54) is 13.3 Å². The highest BCUT2D eigenvalue weighted by Crippen LogP contribution is 2.26. The van der Waals surface area contributed by atoms with Crippen molar-refractivity contribution < 1.29 is 14.3 Å². The molecule has 0 aliphatic carbocycles. The average molecular weight is 362 g/mol. The Balaban J connectivity index is 2.11. The van der Waals surface area contributed by atoms with Gasteiger partial charge in [-0.3, -0.25) is 4.79 Å². The van der Waals surface area contributed by atoms with Gasteiger partial charge in [0.15, 0.2) is 0 Å². The number of amides is 1. The summed E-state index contributed by atoms with van der Waals surface area (Å²) < 4.78 is 4.70. The molecular formula is C18H20ClN3O3. The summed E-state index contributed by atoms with van der Waals surface area (Å²) >= 11 is 6.15. The molecule has 7 heteroatoms. The Hall–Kier alpha value is -2.60. The first-order chi connectivity index (χ1) is 11.9. The second kappa shape index (κ2) is 8.48. The highest BCUT2D eigenvalue weighted by Gasteiger charge is 2.11. The molecule has 1 aromatic heterocycles. The summed E-state index contributed by atoms with van der Waals surface area (Å²) in [6.07, 6.45) is 1.53. The van der Waals surface area contributed by atoms with E-state index in [1.807, 2.05) is 13.8 Å². The largest absolute Gasteiger partial charge is 0.465 e. The molecule has 0 radical (unpaired) electrons. The average Bonchev–Trinajstić information content (AvgIpc) is 2.61. The zero-order valence-electron chi connectivity index (χ0n) is 14.3. The van der Waals surface area contributed by atoms with Crippen molar-refractivity contribution >= 4 is 34.9 Å². The zero-order valence-corrected chi connectivity index (χ0v) is 15.1. The van der Waals surface area contributed by atoms with E-state index in [9.17, 15) is 9.59 Å². The molecule has 0 unspecified atom stereocenters. The number of hydrogen-bond donors (Lipinski definition) is 2. The number of carbonyl (C=O) groups excluding carboxylic acids is 2. The molecule has 1 aromatic carbocycles. The van der Waals surface area contributed by atoms with Crippen LogP contribution in [0.25, 0.3) is 0 Å². The number of esters is 1. The summed E-state index contributed by atoms with van der Waals surface area (Å²) in [4.78, 5) is 27.7. The van der Waals surface area contributed by atoms with Crippen LogP contribution in [0.3, 0.4) is 0 Å². The zero-order chi connectivity index (χ0) is 18.4. The molecule has 1 amide bonds. The molecule has 0 aliphatic heterocycles. The minimum Gasteiger partial charge on any atom is -0.465 e. The number of hydrogen-bond acceptors (Lipinski definition) is 5. The molecule has 0 atom stereocenters. The van der Waals surface area contributed by atoms with Crippen molar-refractivity contribution in [2.45, 2.75) is 13.8 Å². The fourth-order valence-corrected chi connectivity index (χ4v) is 2.18. The number of rotatable bonds is 6. The number of anilines is 2. The quantitative estimate of drug-likeness (QED) is 0.767. The van der Waals surface area contributed by atoms with Gasteiger partial charge < -0.3 is 15.4 Å². The number of carbonyl (C=O) groups is 2. The Morgan fingerprint density at radius 3 is 2.60 bits per heavy atom. The monoisotopic (exact) mass is 361 g/mol. The van der Waals surface area contributed by atoms with Gasteiger partial charge >= 0.3 is 5.97 Å². The van der Waals surface area contributed by atoms with E-state index in [0.717, 1.165) is 0 Å². The van der Waals surface area contributed by atoms with Crippen molar-refractivity contribution in [3.63, 3.8) is 0 Å². The Morgan fingerprint density at radius 1 is 1.24 bits per heavy atom. The van der Waals surface area contributed by atoms with Crippen molar-refractivity contribution in [3.8, 4) is 0 Å². The minimum atomic E-state index is -0.449. The van der Waals surface area contributed by atoms with Crippen LogP contribution < -0.4 is 10.6 Å². The predicted molar refractivity (Wildman–Crippen MR) is 97.5 cm³/mol. The highest BCUT2D eigenvalue weighted by atomic mass is 35.5. The van der Waals surface area contributed by atoms with Crippen molar-refractivity contribution in [1.29, 1.82) is 0 Å². The van der Waals surface area contributed by atoms with E-state index >= 15 is 0 Å². The fraction of sp³-hybridized carbons (Fsp3) is 0.278. The van der Waals surface area contributed by atoms with Gasteiger partial charge in [0.25, 0.3) is 5.91 Å². The summed E-state index contributed by atoms with van der Waals surface area (Å²) in [6.45, 7) is 4.64. The van der Waals surface area contributed by atoms with Crippen molar-refractivity contribution in [2.24, 2.45) is 5.92 Å². The first-order valence-corrected chi connectivity index (χ1v) is 8.17. The van der Waals surface area contributed by atoms with Gasteiger partial charge in [0.05, 0.1) is 35.3 Å². The molecule has 0 bridgehead atoms. The molecule has 2 aromatic rings. The smallest absolute Gasteiger partial charge is 0.337 e. The highest BCUT2D eigenvalue weighted by molar-refractivity contribution is 6.33. The molecule has 0 saturated carbocycles. The van der Waals surface area contributed by atoms with Gasteiger partial charge in [-0.15, -0.1) is 0 Å². The first-order valence-electron chi connectivity index (χ1n) is 7.80. The Bertz CT molecular complexity index is 761. The molecule has 25 heavy (non-hydrogen) atoms. The molecule has 6 nitrogen and oxygen atoms in total. The van der Waals surface area contributed by atoms with E-state index in [4.69, 9.17) is 16.3 Å². The lowest BCUT2D eigenvalue weighted by Gasteiger charge is -2.11. The molecule has 1 heterocycles. The maximum Gasteiger partial charge on any atom is 0.337 e. The van der Waals surface area contributed by atoms with Crippen molar-refractivity contribution in [3.05, 3.63) is 52.8 Å². The van der Waals surface area contributed by atoms with Crippen LogP contribution in [0, 0.1) is 5.92 Å². The van der Waals surface area contributed by atoms with Gasteiger partial charge in [-0.05, 0) is 36.2 Å². The van der Waals surface area contributed by atoms with E-state index in [0.29, 0.717) is 40.1 Å². The molecule has 0 spiro atoms. The molecule has 0 aliphatic rings. The summed E-state index contributed by atoms with van der Waals surface area (Å²) in [5, 5.41) is 6.33. The SMILES string of the molecule is COC(=O)c1ccc(Cl)c(Nc2ccc(C(=O)NCC(C)C)nc2)c1. The number of halogens is 1. The topological polar surface area (TPSA) is 80.3 Å². The summed E-state index contributed by atoms with van der Waals surface area (Å²) in [5.41, 5.74) is 1.90. The van der Waals surface area contributed by atoms with Crippen LogP contribution in [0.1, 0.15) is 34.7 Å². The van der Waals surface area contributed by atoms with Crippen molar-refractivity contribution in [1.82, 2.24) is 10.3 Å². The lowest BCUT2D eigenvalue weighted by Crippen LogP contribution is -2.27. The molecule has 0 saturated heterocycles. The van der Waals surface area contributed by atoms with Gasteiger partial charge in [0.2, 0.25) is 0 Å². The second-order valence-corrected chi connectivity index (χ2v) is 6.25. The van der Waals surface area contributed by atoms with E-state index in [2.05, 4.69) is 15.6 Å². The Morgan fingerprint density at radius 2 is 2.00 bits per heavy atom. The maximum atomic E-state index is 12.0. The number of aromatic nitrogens is 1. The van der Waals surface area contributed by atoms with Gasteiger partial charge in [-0.2, -0.15) is 0 Å². The number of nitrogens with one attached hydrogen (secondary N) is 2. The number of pyridine rings is 1. The van der Waals surface area contributed by atoms with Crippen LogP contribution in [-0.2, 0) is 4.74 Å². The summed E-state index contributed by atoms with van der Waals surface area (Å²) in [6, 6.07) is 8.13. The molecular weight excluding hydrogens is 342 g/mol. The minimum absolute atomic E-state index is 0.217. The standard InChI is InChI=1S/C18H20ClN3O3/c1-11(2)9-21-17(23)15-7-5-13(10-20-15)22-16-8-12(18(24)25-3)4-6-14(16)19/h4-8,10-11,22H,9H2,1-3H3,(H,21,23). The lowest BCUT2D eigenvalue weighted by atomic mass is 10.2. The number of methoxy groups -OCH3 is 1. The van der Waals surface area contributed by atoms with Gasteiger partial charge in [0.1, 0.15) is 5.69 Å². The van der Waals surface area contributed by atoms with Crippen LogP contribution in [0.4, 0.5) is 11.4 Å². The van der Waals surface area contributed by atoms with Crippen LogP contribution in [0.15, 0.2) is 36.5 Å². The molecule has 132 valence electrons. The molecule has 0 fully saturated rings. The predicted octanol–water partition coefficient (Wildman–Crippen LogP) is 3.65. The van der Waals surface area contributed by atoms with Crippen LogP contribution in [0.5, 0.6) is 0 Å². The Labute approximate surface area is 151 Å². The van der Waals surface area contributed by atoms with E-state index in [-0.39, 0.29) is 5.91 Å². The van der Waals surface area contributed by atoms with Gasteiger partial charge in [0, 0.05) is 6.54 Å². The third kappa shape index (κ3) is 5.19. The number of benzene rings is 1. The van der Waals surface area contributed by atoms with Crippen LogP contribution in [0.2, 0.25) is 5.02 Å². The van der Waals surface area contributed by atoms with Crippen LogP contribution in [-0.4, -0.2) is 30.5 Å². The normalized spacial score (nSPS) is 10.4. The van der Waals surface area contributed by atoms with Crippen molar-refractivity contribution in [2.75, 3.05) is 19.0 Å². The lowest BCUT2D eigenvalue weighted by molar-refractivity contribution is 0.0600. The maximum absolute atomic E-state index is 12.0. The first kappa shape index (κ1) is 18.7. The van der Waals surface area contributed by atoms with Gasteiger partial charge in [-0.25, -0.2) is 9.78 Å². The second-order valence-electron chi connectivity index (χ2n) is 5.85. The molecule has 2 rings (SSSR count). The number of ether oxygens (including phenoxy) is 1.